The normalized spacial score (nSPS) is 15.0. The maximum absolute atomic E-state index is 13.8. The standard InChI is InChI=1S/C24H27FN2/c1-6-12-20(25)15-17(4)27-24(19-13-10-9-11-14-19)18(5)22-16-26-23(8-3)21(22)7-2/h6-16,24,26-27H,1,5H2,2-4H3/b17-15+,20-12+,21-7-,23-8+. The maximum atomic E-state index is 13.8. The maximum Gasteiger partial charge on any atom is 0.124 e. The van der Waals surface area contributed by atoms with Gasteiger partial charge in [0.1, 0.15) is 5.83 Å². The van der Waals surface area contributed by atoms with E-state index in [4.69, 9.17) is 0 Å². The van der Waals surface area contributed by atoms with Gasteiger partial charge in [0.15, 0.2) is 0 Å². The van der Waals surface area contributed by atoms with E-state index in [9.17, 15) is 4.39 Å². The molecular weight excluding hydrogens is 335 g/mol. The van der Waals surface area contributed by atoms with E-state index in [1.807, 2.05) is 63.4 Å². The lowest BCUT2D eigenvalue weighted by molar-refractivity contribution is 0.656. The second-order valence-electron chi connectivity index (χ2n) is 6.23. The van der Waals surface area contributed by atoms with Gasteiger partial charge in [0.05, 0.1) is 6.04 Å². The summed E-state index contributed by atoms with van der Waals surface area (Å²) in [4.78, 5) is 3.29. The molecule has 0 fully saturated rings. The minimum absolute atomic E-state index is 0.182. The van der Waals surface area contributed by atoms with Gasteiger partial charge >= 0.3 is 0 Å². The molecule has 0 aliphatic carbocycles. The van der Waals surface area contributed by atoms with Crippen LogP contribution in [0.3, 0.4) is 0 Å². The first-order valence-corrected chi connectivity index (χ1v) is 8.99. The molecule has 140 valence electrons. The first-order chi connectivity index (χ1) is 13.0. The molecule has 2 aromatic rings. The molecule has 27 heavy (non-hydrogen) atoms. The Morgan fingerprint density at radius 1 is 1.19 bits per heavy atom. The molecule has 3 heteroatoms. The molecule has 0 saturated carbocycles. The van der Waals surface area contributed by atoms with Gasteiger partial charge in [-0.15, -0.1) is 0 Å². The third kappa shape index (κ3) is 4.98. The monoisotopic (exact) mass is 362 g/mol. The first-order valence-electron chi connectivity index (χ1n) is 8.99. The lowest BCUT2D eigenvalue weighted by Gasteiger charge is -2.23. The van der Waals surface area contributed by atoms with Crippen molar-refractivity contribution in [1.29, 1.82) is 0 Å². The summed E-state index contributed by atoms with van der Waals surface area (Å²) in [5, 5.41) is 5.59. The number of aromatic amines is 1. The van der Waals surface area contributed by atoms with Gasteiger partial charge in [-0.05, 0) is 44.1 Å². The van der Waals surface area contributed by atoms with Crippen molar-refractivity contribution in [2.75, 3.05) is 0 Å². The number of allylic oxidation sites excluding steroid dienone is 5. The molecule has 1 unspecified atom stereocenters. The smallest absolute Gasteiger partial charge is 0.124 e. The van der Waals surface area contributed by atoms with Crippen LogP contribution in [-0.2, 0) is 0 Å². The Kier molecular flexibility index (Phi) is 7.18. The number of hydrogen-bond donors (Lipinski definition) is 2. The first kappa shape index (κ1) is 20.2. The predicted molar refractivity (Wildman–Crippen MR) is 115 cm³/mol. The fourth-order valence-corrected chi connectivity index (χ4v) is 3.08. The summed E-state index contributed by atoms with van der Waals surface area (Å²) in [5.41, 5.74) is 3.73. The molecule has 0 spiro atoms. The summed E-state index contributed by atoms with van der Waals surface area (Å²) in [6, 6.07) is 9.86. The Bertz CT molecular complexity index is 975. The van der Waals surface area contributed by atoms with Crippen molar-refractivity contribution in [2.24, 2.45) is 0 Å². The molecule has 1 aromatic carbocycles. The van der Waals surface area contributed by atoms with Crippen molar-refractivity contribution in [3.8, 4) is 0 Å². The second-order valence-corrected chi connectivity index (χ2v) is 6.23. The van der Waals surface area contributed by atoms with Crippen LogP contribution in [0.5, 0.6) is 0 Å². The molecule has 0 aliphatic rings. The van der Waals surface area contributed by atoms with E-state index in [1.165, 1.54) is 18.2 Å². The van der Waals surface area contributed by atoms with Crippen molar-refractivity contribution in [1.82, 2.24) is 10.3 Å². The van der Waals surface area contributed by atoms with Crippen molar-refractivity contribution >= 4 is 17.7 Å². The molecule has 0 bridgehead atoms. The number of H-pyrrole nitrogens is 1. The number of halogens is 1. The summed E-state index contributed by atoms with van der Waals surface area (Å²) in [6.45, 7) is 13.7. The topological polar surface area (TPSA) is 27.8 Å². The van der Waals surface area contributed by atoms with E-state index < -0.39 is 0 Å². The lowest BCUT2D eigenvalue weighted by atomic mass is 9.94. The highest BCUT2D eigenvalue weighted by atomic mass is 19.1. The van der Waals surface area contributed by atoms with Crippen LogP contribution in [0.1, 0.15) is 37.9 Å². The van der Waals surface area contributed by atoms with Crippen molar-refractivity contribution in [2.45, 2.75) is 26.8 Å². The summed E-state index contributed by atoms with van der Waals surface area (Å²) >= 11 is 0. The van der Waals surface area contributed by atoms with Crippen molar-refractivity contribution in [3.63, 3.8) is 0 Å². The Hall–Kier alpha value is -3.07. The largest absolute Gasteiger partial charge is 0.378 e. The Labute approximate surface area is 160 Å². The second kappa shape index (κ2) is 9.58. The highest BCUT2D eigenvalue weighted by Gasteiger charge is 2.18. The van der Waals surface area contributed by atoms with Gasteiger partial charge in [-0.3, -0.25) is 0 Å². The number of aromatic nitrogens is 1. The molecule has 0 radical (unpaired) electrons. The van der Waals surface area contributed by atoms with Crippen LogP contribution < -0.4 is 15.9 Å². The Balaban J connectivity index is 2.49. The van der Waals surface area contributed by atoms with Crippen LogP contribution in [0.25, 0.3) is 17.7 Å². The molecule has 2 N–H and O–H groups in total. The zero-order chi connectivity index (χ0) is 19.8. The fourth-order valence-electron chi connectivity index (χ4n) is 3.08. The van der Waals surface area contributed by atoms with Crippen LogP contribution in [-0.4, -0.2) is 4.98 Å². The van der Waals surface area contributed by atoms with Gasteiger partial charge in [-0.2, -0.15) is 0 Å². The molecule has 0 saturated heterocycles. The van der Waals surface area contributed by atoms with E-state index in [0.29, 0.717) is 5.70 Å². The number of hydrogen-bond acceptors (Lipinski definition) is 1. The molecule has 2 nitrogen and oxygen atoms in total. The third-order valence-corrected chi connectivity index (χ3v) is 4.36. The van der Waals surface area contributed by atoms with Gasteiger partial charge in [0, 0.05) is 28.0 Å². The average molecular weight is 362 g/mol. The highest BCUT2D eigenvalue weighted by Crippen LogP contribution is 2.27. The van der Waals surface area contributed by atoms with E-state index in [0.717, 1.165) is 27.3 Å². The number of benzene rings is 1. The average Bonchev–Trinajstić information content (AvgIpc) is 3.09. The SMILES string of the molecule is C=C/C=C(F)\C=C(/C)NC(C(=C)c1c[nH]c(=C/C)/c1=C\C)c1ccccc1. The fraction of sp³-hybridized carbons (Fsp3) is 0.167. The van der Waals surface area contributed by atoms with Gasteiger partial charge < -0.3 is 10.3 Å². The lowest BCUT2D eigenvalue weighted by Crippen LogP contribution is -2.27. The van der Waals surface area contributed by atoms with Crippen LogP contribution in [0, 0.1) is 0 Å². The summed E-state index contributed by atoms with van der Waals surface area (Å²) < 4.78 is 13.8. The summed E-state index contributed by atoms with van der Waals surface area (Å²) in [6.07, 6.45) is 10.3. The van der Waals surface area contributed by atoms with Crippen LogP contribution in [0.2, 0.25) is 0 Å². The zero-order valence-corrected chi connectivity index (χ0v) is 16.2. The van der Waals surface area contributed by atoms with Crippen molar-refractivity contribution in [3.05, 3.63) is 101 Å². The molecule has 1 heterocycles. The molecule has 0 amide bonds. The number of nitrogens with one attached hydrogen (secondary N) is 2. The quantitative estimate of drug-likeness (QED) is 0.674. The highest BCUT2D eigenvalue weighted by molar-refractivity contribution is 5.70. The predicted octanol–water partition coefficient (Wildman–Crippen LogP) is 4.90. The zero-order valence-electron chi connectivity index (χ0n) is 16.2. The van der Waals surface area contributed by atoms with E-state index >= 15 is 0 Å². The number of rotatable bonds is 7. The van der Waals surface area contributed by atoms with Gasteiger partial charge in [0.25, 0.3) is 0 Å². The van der Waals surface area contributed by atoms with Gasteiger partial charge in [-0.25, -0.2) is 4.39 Å². The summed E-state index contributed by atoms with van der Waals surface area (Å²) in [7, 11) is 0. The summed E-state index contributed by atoms with van der Waals surface area (Å²) in [5.74, 6) is -0.348. The van der Waals surface area contributed by atoms with E-state index in [-0.39, 0.29) is 11.9 Å². The molecular formula is C24H27FN2. The minimum atomic E-state index is -0.348. The Morgan fingerprint density at radius 3 is 2.48 bits per heavy atom. The molecule has 0 aliphatic heterocycles. The third-order valence-electron chi connectivity index (χ3n) is 4.36. The van der Waals surface area contributed by atoms with E-state index in [2.05, 4.69) is 29.5 Å². The van der Waals surface area contributed by atoms with Crippen LogP contribution in [0.4, 0.5) is 4.39 Å². The molecule has 1 atom stereocenters. The van der Waals surface area contributed by atoms with Gasteiger partial charge in [-0.1, -0.05) is 61.7 Å². The van der Waals surface area contributed by atoms with E-state index in [1.54, 1.807) is 0 Å². The molecule has 2 rings (SSSR count). The van der Waals surface area contributed by atoms with Crippen LogP contribution in [0.15, 0.2) is 79.4 Å². The minimum Gasteiger partial charge on any atom is -0.378 e. The Morgan fingerprint density at radius 2 is 1.89 bits per heavy atom. The van der Waals surface area contributed by atoms with Crippen LogP contribution >= 0.6 is 0 Å². The molecule has 1 aromatic heterocycles. The van der Waals surface area contributed by atoms with Crippen molar-refractivity contribution < 1.29 is 4.39 Å². The van der Waals surface area contributed by atoms with Gasteiger partial charge in [0.2, 0.25) is 0 Å².